The number of methoxy groups -OCH3 is 1. The summed E-state index contributed by atoms with van der Waals surface area (Å²) in [6.07, 6.45) is -0.201. The molecule has 0 aliphatic carbocycles. The maximum atomic E-state index is 8.76. The highest BCUT2D eigenvalue weighted by molar-refractivity contribution is 5.02. The van der Waals surface area contributed by atoms with Crippen molar-refractivity contribution in [3.8, 4) is 6.07 Å². The van der Waals surface area contributed by atoms with E-state index in [2.05, 4.69) is 6.07 Å². The van der Waals surface area contributed by atoms with Gasteiger partial charge in [0, 0.05) is 13.7 Å². The number of hydrogen-bond donors (Lipinski definition) is 0. The standard InChI is InChI=1S/C8H15NO2/c1-5-11-8(3,6-9)7(2)10-4/h7H,5H2,1-4H3. The van der Waals surface area contributed by atoms with Crippen LogP contribution < -0.4 is 0 Å². The molecule has 0 radical (unpaired) electrons. The van der Waals surface area contributed by atoms with Crippen molar-refractivity contribution in [1.82, 2.24) is 0 Å². The van der Waals surface area contributed by atoms with E-state index in [0.29, 0.717) is 6.61 Å². The Morgan fingerprint density at radius 1 is 1.64 bits per heavy atom. The van der Waals surface area contributed by atoms with Crippen LogP contribution in [0.1, 0.15) is 20.8 Å². The predicted octanol–water partition coefficient (Wildman–Crippen LogP) is 1.34. The number of ether oxygens (including phenoxy) is 2. The van der Waals surface area contributed by atoms with Gasteiger partial charge in [-0.1, -0.05) is 0 Å². The van der Waals surface area contributed by atoms with E-state index in [1.165, 1.54) is 0 Å². The van der Waals surface area contributed by atoms with E-state index in [0.717, 1.165) is 0 Å². The Morgan fingerprint density at radius 3 is 2.45 bits per heavy atom. The molecule has 0 heterocycles. The Kier molecular flexibility index (Phi) is 4.09. The van der Waals surface area contributed by atoms with E-state index in [-0.39, 0.29) is 6.10 Å². The Morgan fingerprint density at radius 2 is 2.18 bits per heavy atom. The molecule has 0 rings (SSSR count). The number of rotatable bonds is 4. The summed E-state index contributed by atoms with van der Waals surface area (Å²) >= 11 is 0. The van der Waals surface area contributed by atoms with Crippen molar-refractivity contribution in [2.45, 2.75) is 32.5 Å². The summed E-state index contributed by atoms with van der Waals surface area (Å²) in [5, 5.41) is 8.76. The van der Waals surface area contributed by atoms with E-state index < -0.39 is 5.60 Å². The normalized spacial score (nSPS) is 18.5. The van der Waals surface area contributed by atoms with Gasteiger partial charge in [0.05, 0.1) is 6.10 Å². The Balaban J connectivity index is 4.22. The highest BCUT2D eigenvalue weighted by Gasteiger charge is 2.31. The van der Waals surface area contributed by atoms with Crippen LogP contribution in [0.4, 0.5) is 0 Å². The zero-order chi connectivity index (χ0) is 8.91. The van der Waals surface area contributed by atoms with Crippen molar-refractivity contribution < 1.29 is 9.47 Å². The van der Waals surface area contributed by atoms with Crippen molar-refractivity contribution in [3.63, 3.8) is 0 Å². The summed E-state index contributed by atoms with van der Waals surface area (Å²) in [5.41, 5.74) is -0.816. The smallest absolute Gasteiger partial charge is 0.176 e. The molecule has 64 valence electrons. The second kappa shape index (κ2) is 4.32. The van der Waals surface area contributed by atoms with E-state index in [9.17, 15) is 0 Å². The van der Waals surface area contributed by atoms with Gasteiger partial charge in [0.15, 0.2) is 5.60 Å². The Hall–Kier alpha value is -0.590. The van der Waals surface area contributed by atoms with Crippen LogP contribution in [-0.4, -0.2) is 25.4 Å². The fourth-order valence-corrected chi connectivity index (χ4v) is 0.765. The zero-order valence-electron chi connectivity index (χ0n) is 7.55. The molecule has 0 aliphatic rings. The molecule has 11 heavy (non-hydrogen) atoms. The first-order chi connectivity index (χ1) is 5.10. The first kappa shape index (κ1) is 10.4. The van der Waals surface area contributed by atoms with Crippen molar-refractivity contribution in [2.24, 2.45) is 0 Å². The molecule has 0 N–H and O–H groups in total. The van der Waals surface area contributed by atoms with Gasteiger partial charge in [-0.3, -0.25) is 0 Å². The van der Waals surface area contributed by atoms with Gasteiger partial charge in [0.25, 0.3) is 0 Å². The van der Waals surface area contributed by atoms with Gasteiger partial charge in [0.1, 0.15) is 6.07 Å². The molecule has 3 nitrogen and oxygen atoms in total. The molecule has 0 aliphatic heterocycles. The van der Waals surface area contributed by atoms with Crippen LogP contribution in [0, 0.1) is 11.3 Å². The van der Waals surface area contributed by atoms with Crippen molar-refractivity contribution in [3.05, 3.63) is 0 Å². The summed E-state index contributed by atoms with van der Waals surface area (Å²) in [5.74, 6) is 0. The Labute approximate surface area is 67.9 Å². The summed E-state index contributed by atoms with van der Waals surface area (Å²) < 4.78 is 10.3. The second-order valence-electron chi connectivity index (χ2n) is 2.53. The molecule has 2 unspecified atom stereocenters. The van der Waals surface area contributed by atoms with Gasteiger partial charge in [0.2, 0.25) is 0 Å². The minimum Gasteiger partial charge on any atom is -0.378 e. The van der Waals surface area contributed by atoms with Gasteiger partial charge < -0.3 is 9.47 Å². The van der Waals surface area contributed by atoms with Crippen LogP contribution in [0.3, 0.4) is 0 Å². The van der Waals surface area contributed by atoms with Crippen molar-refractivity contribution in [2.75, 3.05) is 13.7 Å². The summed E-state index contributed by atoms with van der Waals surface area (Å²) in [4.78, 5) is 0. The summed E-state index contributed by atoms with van der Waals surface area (Å²) in [6, 6.07) is 2.08. The van der Waals surface area contributed by atoms with Crippen LogP contribution in [0.15, 0.2) is 0 Å². The molecule has 3 heteroatoms. The minimum absolute atomic E-state index is 0.201. The highest BCUT2D eigenvalue weighted by Crippen LogP contribution is 2.16. The van der Waals surface area contributed by atoms with Gasteiger partial charge in [-0.05, 0) is 20.8 Å². The third-order valence-corrected chi connectivity index (χ3v) is 1.80. The van der Waals surface area contributed by atoms with Crippen molar-refractivity contribution >= 4 is 0 Å². The first-order valence-electron chi connectivity index (χ1n) is 3.68. The third kappa shape index (κ3) is 2.49. The fraction of sp³-hybridized carbons (Fsp3) is 0.875. The number of nitriles is 1. The van der Waals surface area contributed by atoms with Crippen LogP contribution in [0.25, 0.3) is 0 Å². The number of nitrogens with zero attached hydrogens (tertiary/aromatic N) is 1. The van der Waals surface area contributed by atoms with E-state index >= 15 is 0 Å². The largest absolute Gasteiger partial charge is 0.378 e. The number of hydrogen-bond acceptors (Lipinski definition) is 3. The lowest BCUT2D eigenvalue weighted by Gasteiger charge is -2.26. The van der Waals surface area contributed by atoms with E-state index in [1.807, 2.05) is 13.8 Å². The summed E-state index contributed by atoms with van der Waals surface area (Å²) in [7, 11) is 1.57. The predicted molar refractivity (Wildman–Crippen MR) is 42.1 cm³/mol. The molecule has 2 atom stereocenters. The lowest BCUT2D eigenvalue weighted by Crippen LogP contribution is -2.40. The van der Waals surface area contributed by atoms with Gasteiger partial charge in [-0.2, -0.15) is 5.26 Å². The molecule has 0 amide bonds. The SMILES string of the molecule is CCOC(C)(C#N)C(C)OC. The van der Waals surface area contributed by atoms with Gasteiger partial charge in [-0.25, -0.2) is 0 Å². The maximum Gasteiger partial charge on any atom is 0.176 e. The molecule has 0 bridgehead atoms. The van der Waals surface area contributed by atoms with Crippen LogP contribution in [0.2, 0.25) is 0 Å². The van der Waals surface area contributed by atoms with Crippen LogP contribution in [0.5, 0.6) is 0 Å². The molecular formula is C8H15NO2. The highest BCUT2D eigenvalue weighted by atomic mass is 16.5. The van der Waals surface area contributed by atoms with E-state index in [4.69, 9.17) is 14.7 Å². The lowest BCUT2D eigenvalue weighted by atomic mass is 10.0. The zero-order valence-corrected chi connectivity index (χ0v) is 7.55. The second-order valence-corrected chi connectivity index (χ2v) is 2.53. The molecule has 0 aromatic carbocycles. The monoisotopic (exact) mass is 157 g/mol. The molecule has 0 saturated carbocycles. The maximum absolute atomic E-state index is 8.76. The molecule has 0 aromatic rings. The first-order valence-corrected chi connectivity index (χ1v) is 3.68. The molecule has 0 saturated heterocycles. The van der Waals surface area contributed by atoms with Crippen LogP contribution in [-0.2, 0) is 9.47 Å². The average molecular weight is 157 g/mol. The third-order valence-electron chi connectivity index (χ3n) is 1.80. The minimum atomic E-state index is -0.816. The van der Waals surface area contributed by atoms with Gasteiger partial charge >= 0.3 is 0 Å². The summed E-state index contributed by atoms with van der Waals surface area (Å²) in [6.45, 7) is 5.93. The molecular weight excluding hydrogens is 142 g/mol. The van der Waals surface area contributed by atoms with Crippen LogP contribution >= 0.6 is 0 Å². The molecule has 0 spiro atoms. The topological polar surface area (TPSA) is 42.2 Å². The lowest BCUT2D eigenvalue weighted by molar-refractivity contribution is -0.0793. The fourth-order valence-electron chi connectivity index (χ4n) is 0.765. The Bertz CT molecular complexity index is 153. The average Bonchev–Trinajstić information content (AvgIpc) is 2.03. The quantitative estimate of drug-likeness (QED) is 0.618. The molecule has 0 fully saturated rings. The van der Waals surface area contributed by atoms with E-state index in [1.54, 1.807) is 14.0 Å². The van der Waals surface area contributed by atoms with Gasteiger partial charge in [-0.15, -0.1) is 0 Å². The van der Waals surface area contributed by atoms with Crippen molar-refractivity contribution in [1.29, 1.82) is 5.26 Å². The molecule has 0 aromatic heterocycles.